The monoisotopic (exact) mass is 449 g/mol. The van der Waals surface area contributed by atoms with E-state index in [1.807, 2.05) is 49.1 Å². The van der Waals surface area contributed by atoms with E-state index in [9.17, 15) is 9.18 Å². The summed E-state index contributed by atoms with van der Waals surface area (Å²) in [5.74, 6) is -0.476. The molecule has 1 aliphatic rings. The number of hydrogen-bond donors (Lipinski definition) is 0. The molecular weight excluding hydrogens is 425 g/mol. The van der Waals surface area contributed by atoms with Gasteiger partial charge in [0.1, 0.15) is 12.0 Å². The summed E-state index contributed by atoms with van der Waals surface area (Å²) in [5.41, 5.74) is 3.48. The van der Waals surface area contributed by atoms with E-state index in [1.165, 1.54) is 6.20 Å². The first-order valence-corrected chi connectivity index (χ1v) is 11.7. The van der Waals surface area contributed by atoms with Crippen LogP contribution in [0.2, 0.25) is 0 Å². The zero-order valence-electron chi connectivity index (χ0n) is 18.1. The van der Waals surface area contributed by atoms with Crippen molar-refractivity contribution in [3.05, 3.63) is 70.8 Å². The molecule has 0 N–H and O–H groups in total. The van der Waals surface area contributed by atoms with Crippen molar-refractivity contribution in [1.29, 1.82) is 0 Å². The van der Waals surface area contributed by atoms with Gasteiger partial charge < -0.3 is 4.90 Å². The van der Waals surface area contributed by atoms with Gasteiger partial charge in [0, 0.05) is 24.7 Å². The number of carbonyl (C=O) groups excluding carboxylic acids is 1. The maximum atomic E-state index is 14.2. The quantitative estimate of drug-likeness (QED) is 0.447. The van der Waals surface area contributed by atoms with Gasteiger partial charge in [-0.3, -0.25) is 9.20 Å². The number of hydrogen-bond acceptors (Lipinski definition) is 5. The molecule has 164 valence electrons. The van der Waals surface area contributed by atoms with E-state index in [0.717, 1.165) is 46.1 Å². The number of aromatic nitrogens is 4. The topological polar surface area (TPSA) is 63.4 Å². The molecule has 4 aromatic rings. The largest absolute Gasteiger partial charge is 0.334 e. The molecule has 1 aromatic carbocycles. The third-order valence-electron chi connectivity index (χ3n) is 6.12. The summed E-state index contributed by atoms with van der Waals surface area (Å²) < 4.78 is 15.9. The van der Waals surface area contributed by atoms with Gasteiger partial charge in [0.2, 0.25) is 0 Å². The van der Waals surface area contributed by atoms with Gasteiger partial charge in [0.25, 0.3) is 5.91 Å². The molecule has 1 fully saturated rings. The van der Waals surface area contributed by atoms with E-state index in [2.05, 4.69) is 15.0 Å². The number of carbonyl (C=O) groups is 1. The molecule has 0 spiro atoms. The number of halogens is 1. The summed E-state index contributed by atoms with van der Waals surface area (Å²) in [6.45, 7) is 4.55. The van der Waals surface area contributed by atoms with Gasteiger partial charge in [-0.15, -0.1) is 11.3 Å². The van der Waals surface area contributed by atoms with Crippen molar-refractivity contribution in [2.75, 3.05) is 6.54 Å². The van der Waals surface area contributed by atoms with E-state index in [0.29, 0.717) is 18.7 Å². The lowest BCUT2D eigenvalue weighted by Gasteiger charge is -2.35. The summed E-state index contributed by atoms with van der Waals surface area (Å²) in [4.78, 5) is 29.6. The van der Waals surface area contributed by atoms with Gasteiger partial charge in [-0.05, 0) is 38.7 Å². The number of piperidine rings is 1. The van der Waals surface area contributed by atoms with Crippen LogP contribution in [-0.4, -0.2) is 42.7 Å². The van der Waals surface area contributed by atoms with Crippen LogP contribution >= 0.6 is 11.3 Å². The molecule has 1 aliphatic heterocycles. The van der Waals surface area contributed by atoms with Crippen molar-refractivity contribution in [3.8, 4) is 10.4 Å². The predicted octanol–water partition coefficient (Wildman–Crippen LogP) is 4.85. The minimum atomic E-state index is -0.441. The number of thiazole rings is 1. The molecule has 0 aliphatic carbocycles. The second kappa shape index (κ2) is 8.43. The minimum absolute atomic E-state index is 0.00140. The fourth-order valence-electron chi connectivity index (χ4n) is 4.48. The third-order valence-corrected chi connectivity index (χ3v) is 7.14. The summed E-state index contributed by atoms with van der Waals surface area (Å²) in [6, 6.07) is 9.95. The summed E-state index contributed by atoms with van der Waals surface area (Å²) >= 11 is 1.55. The van der Waals surface area contributed by atoms with E-state index >= 15 is 0 Å². The summed E-state index contributed by atoms with van der Waals surface area (Å²) in [7, 11) is 0. The molecule has 0 unspecified atom stereocenters. The molecule has 3 aromatic heterocycles. The number of benzene rings is 1. The molecule has 1 atom stereocenters. The van der Waals surface area contributed by atoms with Crippen molar-refractivity contribution in [2.24, 2.45) is 0 Å². The Labute approximate surface area is 189 Å². The third kappa shape index (κ3) is 3.68. The highest BCUT2D eigenvalue weighted by Gasteiger charge is 2.32. The first-order chi connectivity index (χ1) is 15.5. The molecule has 0 saturated carbocycles. The minimum Gasteiger partial charge on any atom is -0.334 e. The Balaban J connectivity index is 1.47. The van der Waals surface area contributed by atoms with Crippen LogP contribution in [0.1, 0.15) is 46.1 Å². The van der Waals surface area contributed by atoms with Gasteiger partial charge in [-0.25, -0.2) is 19.3 Å². The Morgan fingerprint density at radius 1 is 1.19 bits per heavy atom. The zero-order valence-corrected chi connectivity index (χ0v) is 18.9. The van der Waals surface area contributed by atoms with E-state index < -0.39 is 5.82 Å². The molecule has 1 amide bonds. The van der Waals surface area contributed by atoms with Crippen molar-refractivity contribution < 1.29 is 9.18 Å². The molecule has 0 radical (unpaired) electrons. The Hall–Kier alpha value is -3.13. The average Bonchev–Trinajstić information content (AvgIpc) is 3.36. The first-order valence-electron chi connectivity index (χ1n) is 10.8. The van der Waals surface area contributed by atoms with Crippen molar-refractivity contribution in [1.82, 2.24) is 24.3 Å². The van der Waals surface area contributed by atoms with Gasteiger partial charge in [0.05, 0.1) is 21.8 Å². The molecule has 0 bridgehead atoms. The van der Waals surface area contributed by atoms with Gasteiger partial charge in [-0.1, -0.05) is 30.3 Å². The molecule has 8 heteroatoms. The lowest BCUT2D eigenvalue weighted by molar-refractivity contribution is 0.0607. The molecule has 32 heavy (non-hydrogen) atoms. The van der Waals surface area contributed by atoms with Gasteiger partial charge in [0.15, 0.2) is 11.5 Å². The number of nitrogens with zero attached hydrogens (tertiary/aromatic N) is 5. The van der Waals surface area contributed by atoms with Crippen LogP contribution in [-0.2, 0) is 6.42 Å². The zero-order chi connectivity index (χ0) is 22.2. The molecule has 1 saturated heterocycles. The number of likely N-dealkylation sites (tertiary alicyclic amines) is 1. The highest BCUT2D eigenvalue weighted by Crippen LogP contribution is 2.33. The van der Waals surface area contributed by atoms with Gasteiger partial charge in [-0.2, -0.15) is 0 Å². The Morgan fingerprint density at radius 3 is 2.78 bits per heavy atom. The lowest BCUT2D eigenvalue weighted by atomic mass is 9.96. The highest BCUT2D eigenvalue weighted by atomic mass is 32.1. The van der Waals surface area contributed by atoms with Gasteiger partial charge >= 0.3 is 0 Å². The average molecular weight is 450 g/mol. The van der Waals surface area contributed by atoms with Crippen LogP contribution in [0.4, 0.5) is 4.39 Å². The molecule has 5 rings (SSSR count). The van der Waals surface area contributed by atoms with Crippen molar-refractivity contribution in [3.63, 3.8) is 0 Å². The van der Waals surface area contributed by atoms with Crippen LogP contribution in [0.25, 0.3) is 16.1 Å². The maximum absolute atomic E-state index is 14.2. The fourth-order valence-corrected chi connectivity index (χ4v) is 5.40. The van der Waals surface area contributed by atoms with Crippen LogP contribution in [0.15, 0.2) is 42.9 Å². The van der Waals surface area contributed by atoms with Crippen LogP contribution in [0, 0.1) is 19.7 Å². The standard InChI is InChI=1S/C24H24FN5OS/c1-15-20(28-23-19(25)13-26-14-30(15)23)12-18-10-6-7-11-29(18)24(31)21-22(32-16(2)27-21)17-8-4-3-5-9-17/h3-5,8-9,13-14,18H,6-7,10-12H2,1-2H3/t18-/m0/s1. The number of aryl methyl sites for hydroxylation is 2. The Bertz CT molecular complexity index is 1280. The second-order valence-electron chi connectivity index (χ2n) is 8.21. The van der Waals surface area contributed by atoms with E-state index in [1.54, 1.807) is 22.1 Å². The van der Waals surface area contributed by atoms with E-state index in [-0.39, 0.29) is 17.6 Å². The summed E-state index contributed by atoms with van der Waals surface area (Å²) in [5, 5.41) is 0.875. The van der Waals surface area contributed by atoms with Crippen molar-refractivity contribution >= 4 is 22.9 Å². The molecule has 4 heterocycles. The molecule has 6 nitrogen and oxygen atoms in total. The lowest BCUT2D eigenvalue weighted by Crippen LogP contribution is -2.45. The number of fused-ring (bicyclic) bond motifs is 1. The normalized spacial score (nSPS) is 16.6. The van der Waals surface area contributed by atoms with Crippen LogP contribution in [0.5, 0.6) is 0 Å². The van der Waals surface area contributed by atoms with E-state index in [4.69, 9.17) is 0 Å². The van der Waals surface area contributed by atoms with Crippen LogP contribution < -0.4 is 0 Å². The Morgan fingerprint density at radius 2 is 2.00 bits per heavy atom. The van der Waals surface area contributed by atoms with Crippen molar-refractivity contribution in [2.45, 2.75) is 45.6 Å². The first kappa shape index (κ1) is 20.8. The number of amides is 1. The highest BCUT2D eigenvalue weighted by molar-refractivity contribution is 7.15. The fraction of sp³-hybridized carbons (Fsp3) is 0.333. The number of rotatable bonds is 4. The Kier molecular flexibility index (Phi) is 5.46. The maximum Gasteiger partial charge on any atom is 0.274 e. The van der Waals surface area contributed by atoms with Crippen LogP contribution in [0.3, 0.4) is 0 Å². The predicted molar refractivity (Wildman–Crippen MR) is 122 cm³/mol. The number of imidazole rings is 1. The molecular formula is C24H24FN5OS. The smallest absolute Gasteiger partial charge is 0.274 e. The summed E-state index contributed by atoms with van der Waals surface area (Å²) in [6.07, 6.45) is 6.26. The second-order valence-corrected chi connectivity index (χ2v) is 9.41. The SMILES string of the molecule is Cc1nc(C(=O)N2CCCC[C@H]2Cc2nc3c(F)cncn3c2C)c(-c2ccccc2)s1.